The van der Waals surface area contributed by atoms with E-state index in [9.17, 15) is 27.9 Å². The van der Waals surface area contributed by atoms with Gasteiger partial charge in [-0.3, -0.25) is 18.9 Å². The first-order valence-corrected chi connectivity index (χ1v) is 10.1. The Kier molecular flexibility index (Phi) is 6.42. The molecule has 9 nitrogen and oxygen atoms in total. The molecule has 3 rings (SSSR count). The second kappa shape index (κ2) is 9.02. The van der Waals surface area contributed by atoms with Crippen LogP contribution in [0.5, 0.6) is 0 Å². The summed E-state index contributed by atoms with van der Waals surface area (Å²) in [6.07, 6.45) is 0. The lowest BCUT2D eigenvalue weighted by Gasteiger charge is -2.23. The molecule has 3 amide bonds. The minimum atomic E-state index is -2.81. The molecule has 0 aliphatic carbocycles. The molecule has 31 heavy (non-hydrogen) atoms. The van der Waals surface area contributed by atoms with Gasteiger partial charge in [-0.15, -0.1) is 0 Å². The largest absolute Gasteiger partial charge is 0.460 e. The van der Waals surface area contributed by atoms with Crippen LogP contribution in [0.15, 0.2) is 60.7 Å². The van der Waals surface area contributed by atoms with Crippen LogP contribution in [0.2, 0.25) is 0 Å². The lowest BCUT2D eigenvalue weighted by molar-refractivity contribution is -0.138. The fraction of sp³-hybridized carbons (Fsp3) is 0.143. The number of anilines is 1. The molecule has 0 fully saturated rings. The van der Waals surface area contributed by atoms with Gasteiger partial charge in [-0.05, 0) is 37.3 Å². The Labute approximate surface area is 180 Å². The van der Waals surface area contributed by atoms with Crippen molar-refractivity contribution < 1.29 is 32.7 Å². The third-order valence-electron chi connectivity index (χ3n) is 4.46. The number of rotatable bonds is 7. The quantitative estimate of drug-likeness (QED) is 0.302. The second-order valence-corrected chi connectivity index (χ2v) is 7.43. The highest BCUT2D eigenvalue weighted by molar-refractivity contribution is 7.78. The van der Waals surface area contributed by atoms with Gasteiger partial charge in [0.2, 0.25) is 0 Å². The molecule has 0 radical (unpaired) electrons. The third-order valence-corrected chi connectivity index (χ3v) is 5.11. The molecule has 1 unspecified atom stereocenters. The Bertz CT molecular complexity index is 1110. The number of hydrogen-bond acceptors (Lipinski definition) is 6. The molecule has 2 aromatic carbocycles. The van der Waals surface area contributed by atoms with E-state index >= 15 is 0 Å². The van der Waals surface area contributed by atoms with Crippen LogP contribution in [0.25, 0.3) is 0 Å². The van der Waals surface area contributed by atoms with Crippen molar-refractivity contribution >= 4 is 40.6 Å². The maximum atomic E-state index is 13.2. The summed E-state index contributed by atoms with van der Waals surface area (Å²) in [5, 5.41) is 0. The van der Waals surface area contributed by atoms with E-state index in [1.54, 1.807) is 30.3 Å². The van der Waals surface area contributed by atoms with Crippen molar-refractivity contribution in [3.05, 3.63) is 77.4 Å². The van der Waals surface area contributed by atoms with Crippen molar-refractivity contribution in [2.45, 2.75) is 6.92 Å². The van der Waals surface area contributed by atoms with Crippen LogP contribution in [0, 0.1) is 0 Å². The summed E-state index contributed by atoms with van der Waals surface area (Å²) in [6, 6.07) is 12.4. The molecular weight excluding hydrogens is 424 g/mol. The number of benzene rings is 2. The van der Waals surface area contributed by atoms with Gasteiger partial charge >= 0.3 is 5.97 Å². The molecule has 1 heterocycles. The number of hydrogen-bond donors (Lipinski definition) is 1. The summed E-state index contributed by atoms with van der Waals surface area (Å²) < 4.78 is 25.8. The van der Waals surface area contributed by atoms with Gasteiger partial charge in [0.1, 0.15) is 6.61 Å². The summed E-state index contributed by atoms with van der Waals surface area (Å²) in [5.74, 6) is -2.97. The fourth-order valence-corrected chi connectivity index (χ4v) is 3.44. The molecule has 1 atom stereocenters. The highest BCUT2D eigenvalue weighted by Crippen LogP contribution is 2.26. The minimum absolute atomic E-state index is 0.0264. The molecule has 0 saturated carbocycles. The average Bonchev–Trinajstić information content (AvgIpc) is 3.00. The van der Waals surface area contributed by atoms with Crippen molar-refractivity contribution in [3.63, 3.8) is 0 Å². The normalized spacial score (nSPS) is 13.5. The predicted octanol–water partition coefficient (Wildman–Crippen LogP) is 2.19. The Hall–Kier alpha value is -3.63. The van der Waals surface area contributed by atoms with E-state index in [1.807, 2.05) is 0 Å². The highest BCUT2D eigenvalue weighted by Gasteiger charge is 2.39. The van der Waals surface area contributed by atoms with Gasteiger partial charge in [0, 0.05) is 16.8 Å². The monoisotopic (exact) mass is 442 g/mol. The first-order valence-electron chi connectivity index (χ1n) is 9.05. The van der Waals surface area contributed by atoms with Gasteiger partial charge in [-0.1, -0.05) is 24.8 Å². The van der Waals surface area contributed by atoms with E-state index in [0.717, 1.165) is 0 Å². The summed E-state index contributed by atoms with van der Waals surface area (Å²) in [7, 11) is 0. The topological polar surface area (TPSA) is 121 Å². The zero-order valence-corrected chi connectivity index (χ0v) is 17.3. The van der Waals surface area contributed by atoms with Crippen LogP contribution in [-0.4, -0.2) is 49.9 Å². The van der Waals surface area contributed by atoms with Gasteiger partial charge in [0.05, 0.1) is 17.7 Å². The number of ether oxygens (including phenoxy) is 1. The van der Waals surface area contributed by atoms with Crippen molar-refractivity contribution in [2.24, 2.45) is 0 Å². The number of esters is 1. The minimum Gasteiger partial charge on any atom is -0.460 e. The zero-order valence-electron chi connectivity index (χ0n) is 16.4. The maximum Gasteiger partial charge on any atom is 0.333 e. The first kappa shape index (κ1) is 22.1. The number of imide groups is 1. The van der Waals surface area contributed by atoms with Crippen LogP contribution >= 0.6 is 0 Å². The lowest BCUT2D eigenvalue weighted by atomic mass is 10.0. The molecule has 160 valence electrons. The van der Waals surface area contributed by atoms with Crippen LogP contribution in [0.3, 0.4) is 0 Å². The molecule has 0 aromatic heterocycles. The Morgan fingerprint density at radius 1 is 1.10 bits per heavy atom. The average molecular weight is 442 g/mol. The molecule has 10 heteroatoms. The summed E-state index contributed by atoms with van der Waals surface area (Å²) in [4.78, 5) is 50.7. The molecular formula is C21H18N2O7S. The van der Waals surface area contributed by atoms with Crippen molar-refractivity contribution in [2.75, 3.05) is 18.1 Å². The number of nitrogens with zero attached hydrogens (tertiary/aromatic N) is 2. The van der Waals surface area contributed by atoms with Gasteiger partial charge in [0.25, 0.3) is 29.0 Å². The molecule has 0 spiro atoms. The summed E-state index contributed by atoms with van der Waals surface area (Å²) in [6.45, 7) is 4.94. The molecule has 0 bridgehead atoms. The highest BCUT2D eigenvalue weighted by atomic mass is 32.2. The van der Waals surface area contributed by atoms with Crippen molar-refractivity contribution in [1.29, 1.82) is 0 Å². The van der Waals surface area contributed by atoms with Crippen LogP contribution in [0.1, 0.15) is 38.0 Å². The molecule has 1 aliphatic rings. The van der Waals surface area contributed by atoms with E-state index in [0.29, 0.717) is 5.69 Å². The van der Waals surface area contributed by atoms with Gasteiger partial charge < -0.3 is 9.64 Å². The number of carbonyl (C=O) groups excluding carboxylic acids is 4. The first-order chi connectivity index (χ1) is 14.7. The van der Waals surface area contributed by atoms with E-state index in [-0.39, 0.29) is 39.7 Å². The van der Waals surface area contributed by atoms with E-state index in [2.05, 4.69) is 6.58 Å². The number of carbonyl (C=O) groups is 4. The molecule has 2 aromatic rings. The smallest absolute Gasteiger partial charge is 0.333 e. The molecule has 0 saturated heterocycles. The van der Waals surface area contributed by atoms with Crippen molar-refractivity contribution in [3.8, 4) is 0 Å². The Morgan fingerprint density at radius 3 is 2.35 bits per heavy atom. The van der Waals surface area contributed by atoms with Gasteiger partial charge in [-0.2, -0.15) is 4.31 Å². The fourth-order valence-electron chi connectivity index (χ4n) is 2.96. The van der Waals surface area contributed by atoms with Crippen LogP contribution < -0.4 is 4.90 Å². The zero-order chi connectivity index (χ0) is 22.7. The second-order valence-electron chi connectivity index (χ2n) is 6.60. The van der Waals surface area contributed by atoms with E-state index in [4.69, 9.17) is 4.74 Å². The number of amides is 3. The van der Waals surface area contributed by atoms with Gasteiger partial charge in [0.15, 0.2) is 0 Å². The van der Waals surface area contributed by atoms with Crippen molar-refractivity contribution in [1.82, 2.24) is 4.31 Å². The summed E-state index contributed by atoms with van der Waals surface area (Å²) in [5.41, 5.74) is 0.635. The molecule has 1 N–H and O–H groups in total. The molecule has 1 aliphatic heterocycles. The van der Waals surface area contributed by atoms with Crippen LogP contribution in [0.4, 0.5) is 5.69 Å². The standard InChI is InChI=1S/C21H18N2O7S/c1-13(2)21(27)30-11-10-22(15-6-4-3-5-7-15)18(24)14-8-9-16-17(12-14)20(26)23(19(16)25)31(28)29/h3-9,12H,1,10-11H2,2H3,(H,28,29). The SMILES string of the molecule is C=C(C)C(=O)OCCN(C(=O)c1ccc2c(c1)C(=O)N(S(=O)O)C2=O)c1ccccc1. The van der Waals surface area contributed by atoms with Gasteiger partial charge in [-0.25, -0.2) is 9.00 Å². The lowest BCUT2D eigenvalue weighted by Crippen LogP contribution is -2.34. The Balaban J connectivity index is 1.89. The number of fused-ring (bicyclic) bond motifs is 1. The maximum absolute atomic E-state index is 13.2. The number of para-hydroxylation sites is 1. The van der Waals surface area contributed by atoms with E-state index in [1.165, 1.54) is 30.0 Å². The van der Waals surface area contributed by atoms with Crippen LogP contribution in [-0.2, 0) is 20.8 Å². The Morgan fingerprint density at radius 2 is 1.74 bits per heavy atom. The van der Waals surface area contributed by atoms with E-state index < -0.39 is 35.0 Å². The third kappa shape index (κ3) is 4.44. The predicted molar refractivity (Wildman–Crippen MR) is 112 cm³/mol. The summed E-state index contributed by atoms with van der Waals surface area (Å²) >= 11 is -2.81.